The number of carboxylic acid groups (broad SMARTS) is 2. The number of carbonyl (C=O) groups is 2. The van der Waals surface area contributed by atoms with Crippen LogP contribution in [0.4, 0.5) is 26.3 Å². The largest absolute Gasteiger partial charge is 0.490 e. The lowest BCUT2D eigenvalue weighted by Crippen LogP contribution is -2.43. The van der Waals surface area contributed by atoms with Crippen molar-refractivity contribution in [1.82, 2.24) is 9.88 Å². The number of hydrogen-bond donors (Lipinski definition) is 2. The van der Waals surface area contributed by atoms with Crippen LogP contribution in [0.25, 0.3) is 0 Å². The Balaban J connectivity index is 0.000000286. The van der Waals surface area contributed by atoms with E-state index in [2.05, 4.69) is 35.0 Å². The molecule has 2 N–H and O–H groups in total. The number of halogens is 6. The Bertz CT molecular complexity index is 997. The molecule has 7 nitrogen and oxygen atoms in total. The number of aromatic nitrogens is 1. The van der Waals surface area contributed by atoms with E-state index < -0.39 is 24.3 Å². The third-order valence-electron chi connectivity index (χ3n) is 5.79. The number of ether oxygens (including phenoxy) is 1. The highest BCUT2D eigenvalue weighted by molar-refractivity contribution is 7.11. The van der Waals surface area contributed by atoms with Crippen LogP contribution in [-0.2, 0) is 20.9 Å². The highest BCUT2D eigenvalue weighted by Gasteiger charge is 2.43. The average molecular weight is 557 g/mol. The number of piperidine rings is 1. The van der Waals surface area contributed by atoms with Gasteiger partial charge in [-0.05, 0) is 49.9 Å². The van der Waals surface area contributed by atoms with Gasteiger partial charge in [0.15, 0.2) is 0 Å². The number of nitrogens with zero attached hydrogens (tertiary/aromatic N) is 2. The topological polar surface area (TPSA) is 100.0 Å². The van der Waals surface area contributed by atoms with Crippen LogP contribution in [0.1, 0.15) is 40.5 Å². The SMILES string of the molecule is Cc1ccc(CN2CCC3(CC2)CC(c2cccnc2)CO3)s1.O=C(O)C(F)(F)F.O=C(O)C(F)(F)F. The molecule has 0 aromatic carbocycles. The standard InChI is InChI=1S/C19H24N2OS.2C2HF3O2/c1-15-4-5-18(23-15)13-21-9-6-19(7-10-21)11-17(14-22-19)16-3-2-8-20-12-16;2*3-2(4,5)1(6)7/h2-5,8,12,17H,6-7,9-11,13-14H2,1H3;2*(H,6,7). The van der Waals surface area contributed by atoms with Crippen molar-refractivity contribution < 1.29 is 50.9 Å². The van der Waals surface area contributed by atoms with Crippen molar-refractivity contribution in [3.63, 3.8) is 0 Å². The molecule has 1 atom stereocenters. The molecular weight excluding hydrogens is 530 g/mol. The Morgan fingerprint density at radius 2 is 1.65 bits per heavy atom. The zero-order chi connectivity index (χ0) is 27.9. The number of thiophene rings is 1. The van der Waals surface area contributed by atoms with Gasteiger partial charge in [0, 0.05) is 47.7 Å². The van der Waals surface area contributed by atoms with Crippen LogP contribution in [0.2, 0.25) is 0 Å². The molecule has 0 bridgehead atoms. The molecule has 2 aliphatic heterocycles. The van der Waals surface area contributed by atoms with Gasteiger partial charge in [-0.1, -0.05) is 6.07 Å². The summed E-state index contributed by atoms with van der Waals surface area (Å²) in [5.41, 5.74) is 1.45. The van der Waals surface area contributed by atoms with Gasteiger partial charge in [0.25, 0.3) is 0 Å². The Morgan fingerprint density at radius 1 is 1.08 bits per heavy atom. The molecule has 2 fully saturated rings. The van der Waals surface area contributed by atoms with E-state index in [4.69, 9.17) is 24.5 Å². The maximum absolute atomic E-state index is 10.6. The molecule has 2 aliphatic rings. The van der Waals surface area contributed by atoms with Gasteiger partial charge in [0.1, 0.15) is 0 Å². The van der Waals surface area contributed by atoms with E-state index in [1.165, 1.54) is 15.3 Å². The number of pyridine rings is 1. The van der Waals surface area contributed by atoms with E-state index in [0.29, 0.717) is 5.92 Å². The third-order valence-corrected chi connectivity index (χ3v) is 6.78. The second-order valence-electron chi connectivity index (χ2n) is 8.58. The summed E-state index contributed by atoms with van der Waals surface area (Å²) in [5, 5.41) is 14.2. The lowest BCUT2D eigenvalue weighted by Gasteiger charge is -2.38. The summed E-state index contributed by atoms with van der Waals surface area (Å²) in [7, 11) is 0. The number of rotatable bonds is 3. The summed E-state index contributed by atoms with van der Waals surface area (Å²) in [6.07, 6.45) is -2.84. The summed E-state index contributed by atoms with van der Waals surface area (Å²) in [6.45, 7) is 6.44. The van der Waals surface area contributed by atoms with Gasteiger partial charge in [-0.3, -0.25) is 9.88 Å². The Labute approximate surface area is 212 Å². The van der Waals surface area contributed by atoms with Crippen molar-refractivity contribution in [3.8, 4) is 0 Å². The fourth-order valence-electron chi connectivity index (χ4n) is 3.93. The maximum Gasteiger partial charge on any atom is 0.490 e. The monoisotopic (exact) mass is 556 g/mol. The van der Waals surface area contributed by atoms with Crippen LogP contribution >= 0.6 is 11.3 Å². The molecule has 4 rings (SSSR count). The van der Waals surface area contributed by atoms with E-state index in [-0.39, 0.29) is 5.60 Å². The number of alkyl halides is 6. The zero-order valence-corrected chi connectivity index (χ0v) is 20.5. The number of carboxylic acids is 2. The number of hydrogen-bond acceptors (Lipinski definition) is 6. The van der Waals surface area contributed by atoms with Crippen molar-refractivity contribution >= 4 is 23.3 Å². The van der Waals surface area contributed by atoms with E-state index in [1.54, 1.807) is 0 Å². The van der Waals surface area contributed by atoms with Gasteiger partial charge in [-0.25, -0.2) is 9.59 Å². The minimum atomic E-state index is -5.08. The van der Waals surface area contributed by atoms with Gasteiger partial charge in [-0.15, -0.1) is 11.3 Å². The highest BCUT2D eigenvalue weighted by atomic mass is 32.1. The summed E-state index contributed by atoms with van der Waals surface area (Å²) in [6, 6.07) is 8.72. The van der Waals surface area contributed by atoms with Gasteiger partial charge in [0.05, 0.1) is 12.2 Å². The van der Waals surface area contributed by atoms with E-state index in [9.17, 15) is 26.3 Å². The first-order chi connectivity index (χ1) is 17.1. The average Bonchev–Trinajstić information content (AvgIpc) is 3.42. The van der Waals surface area contributed by atoms with Gasteiger partial charge >= 0.3 is 24.3 Å². The molecule has 206 valence electrons. The molecule has 0 radical (unpaired) electrons. The second-order valence-corrected chi connectivity index (χ2v) is 9.95. The Hall–Kier alpha value is -2.71. The molecule has 0 aliphatic carbocycles. The number of aryl methyl sites for hydroxylation is 1. The van der Waals surface area contributed by atoms with E-state index >= 15 is 0 Å². The van der Waals surface area contributed by atoms with Crippen LogP contribution in [0.3, 0.4) is 0 Å². The predicted molar refractivity (Wildman–Crippen MR) is 121 cm³/mol. The molecule has 14 heteroatoms. The summed E-state index contributed by atoms with van der Waals surface area (Å²) in [4.78, 5) is 27.5. The van der Waals surface area contributed by atoms with Crippen LogP contribution in [0, 0.1) is 6.92 Å². The van der Waals surface area contributed by atoms with Gasteiger partial charge < -0.3 is 14.9 Å². The lowest BCUT2D eigenvalue weighted by molar-refractivity contribution is -0.193. The minimum Gasteiger partial charge on any atom is -0.475 e. The quantitative estimate of drug-likeness (QED) is 0.498. The maximum atomic E-state index is 10.6. The smallest absolute Gasteiger partial charge is 0.475 e. The van der Waals surface area contributed by atoms with E-state index in [1.807, 2.05) is 29.8 Å². The zero-order valence-electron chi connectivity index (χ0n) is 19.7. The number of aliphatic carboxylic acids is 2. The van der Waals surface area contributed by atoms with Crippen molar-refractivity contribution in [2.75, 3.05) is 19.7 Å². The second kappa shape index (κ2) is 12.7. The van der Waals surface area contributed by atoms with Crippen LogP contribution < -0.4 is 0 Å². The molecule has 4 heterocycles. The van der Waals surface area contributed by atoms with Crippen molar-refractivity contribution in [2.24, 2.45) is 0 Å². The minimum absolute atomic E-state index is 0.113. The Morgan fingerprint density at radius 3 is 2.08 bits per heavy atom. The molecule has 1 spiro atoms. The molecule has 0 saturated carbocycles. The summed E-state index contributed by atoms with van der Waals surface area (Å²) < 4.78 is 69.8. The third kappa shape index (κ3) is 9.93. The first-order valence-electron chi connectivity index (χ1n) is 11.0. The fraction of sp³-hybridized carbons (Fsp3) is 0.522. The Kier molecular flexibility index (Phi) is 10.5. The molecule has 0 amide bonds. The van der Waals surface area contributed by atoms with E-state index in [0.717, 1.165) is 45.5 Å². The van der Waals surface area contributed by atoms with Crippen molar-refractivity contribution in [1.29, 1.82) is 0 Å². The number of likely N-dealkylation sites (tertiary alicyclic amines) is 1. The van der Waals surface area contributed by atoms with Gasteiger partial charge in [0.2, 0.25) is 0 Å². The molecular formula is C23H26F6N2O5S. The first-order valence-corrected chi connectivity index (χ1v) is 11.8. The van der Waals surface area contributed by atoms with Crippen LogP contribution in [0.5, 0.6) is 0 Å². The molecule has 2 saturated heterocycles. The van der Waals surface area contributed by atoms with Crippen LogP contribution in [0.15, 0.2) is 36.7 Å². The predicted octanol–water partition coefficient (Wildman–Crippen LogP) is 5.26. The lowest BCUT2D eigenvalue weighted by atomic mass is 9.83. The molecule has 37 heavy (non-hydrogen) atoms. The normalized spacial score (nSPS) is 19.4. The van der Waals surface area contributed by atoms with Gasteiger partial charge in [-0.2, -0.15) is 26.3 Å². The summed E-state index contributed by atoms with van der Waals surface area (Å²) >= 11 is 1.92. The van der Waals surface area contributed by atoms with Crippen LogP contribution in [-0.4, -0.2) is 69.7 Å². The molecule has 2 aromatic heterocycles. The van der Waals surface area contributed by atoms with Crippen molar-refractivity contribution in [2.45, 2.75) is 56.6 Å². The molecule has 2 aromatic rings. The fourth-order valence-corrected chi connectivity index (χ4v) is 4.87. The van der Waals surface area contributed by atoms with Crippen molar-refractivity contribution in [3.05, 3.63) is 52.0 Å². The first kappa shape index (κ1) is 30.5. The highest BCUT2D eigenvalue weighted by Crippen LogP contribution is 2.42. The summed E-state index contributed by atoms with van der Waals surface area (Å²) in [5.74, 6) is -4.99. The molecule has 1 unspecified atom stereocenters.